The Balaban J connectivity index is 2.23. The largest absolute Gasteiger partial charge is 0.457 e. The van der Waals surface area contributed by atoms with Crippen molar-refractivity contribution in [1.29, 1.82) is 0 Å². The van der Waals surface area contributed by atoms with Crippen molar-refractivity contribution >= 4 is 5.91 Å². The average Bonchev–Trinajstić information content (AvgIpc) is 2.32. The lowest BCUT2D eigenvalue weighted by atomic mass is 10.2. The first-order valence-electron chi connectivity index (χ1n) is 5.20. The van der Waals surface area contributed by atoms with Crippen molar-refractivity contribution in [3.05, 3.63) is 54.4 Å². The smallest absolute Gasteiger partial charge is 0.222 e. The van der Waals surface area contributed by atoms with Crippen molar-refractivity contribution in [3.63, 3.8) is 0 Å². The van der Waals surface area contributed by atoms with Gasteiger partial charge >= 0.3 is 0 Å². The summed E-state index contributed by atoms with van der Waals surface area (Å²) in [6.07, 6.45) is 3.32. The Hall–Kier alpha value is -2.36. The molecule has 0 aliphatic heterocycles. The van der Waals surface area contributed by atoms with Crippen LogP contribution in [-0.4, -0.2) is 10.9 Å². The molecule has 0 unspecified atom stereocenters. The van der Waals surface area contributed by atoms with Crippen molar-refractivity contribution in [2.45, 2.75) is 6.42 Å². The molecule has 1 aromatic carbocycles. The fourth-order valence-electron chi connectivity index (χ4n) is 1.45. The molecule has 0 bridgehead atoms. The quantitative estimate of drug-likeness (QED) is 0.869. The van der Waals surface area contributed by atoms with E-state index in [2.05, 4.69) is 4.98 Å². The third kappa shape index (κ3) is 3.04. The van der Waals surface area contributed by atoms with Gasteiger partial charge in [-0.1, -0.05) is 18.2 Å². The van der Waals surface area contributed by atoms with Crippen LogP contribution in [0.3, 0.4) is 0 Å². The number of nitrogens with zero attached hydrogens (tertiary/aromatic N) is 1. The number of ether oxygens (including phenoxy) is 1. The zero-order chi connectivity index (χ0) is 12.1. The number of para-hydroxylation sites is 1. The number of pyridine rings is 1. The SMILES string of the molecule is NC(=O)Cc1cnccc1Oc1ccccc1. The fourth-order valence-corrected chi connectivity index (χ4v) is 1.45. The summed E-state index contributed by atoms with van der Waals surface area (Å²) in [5, 5.41) is 0. The second kappa shape index (κ2) is 5.12. The third-order valence-electron chi connectivity index (χ3n) is 2.19. The van der Waals surface area contributed by atoms with E-state index in [4.69, 9.17) is 10.5 Å². The number of rotatable bonds is 4. The Morgan fingerprint density at radius 1 is 1.24 bits per heavy atom. The highest BCUT2D eigenvalue weighted by Gasteiger charge is 2.07. The average molecular weight is 228 g/mol. The van der Waals surface area contributed by atoms with Gasteiger partial charge in [-0.2, -0.15) is 0 Å². The normalized spacial score (nSPS) is 9.88. The number of benzene rings is 1. The molecular weight excluding hydrogens is 216 g/mol. The van der Waals surface area contributed by atoms with Crippen LogP contribution in [0.2, 0.25) is 0 Å². The van der Waals surface area contributed by atoms with Crippen LogP contribution in [0.5, 0.6) is 11.5 Å². The first-order chi connectivity index (χ1) is 8.25. The van der Waals surface area contributed by atoms with Crippen LogP contribution in [0.15, 0.2) is 48.8 Å². The Kier molecular flexibility index (Phi) is 3.35. The summed E-state index contributed by atoms with van der Waals surface area (Å²) in [7, 11) is 0. The third-order valence-corrected chi connectivity index (χ3v) is 2.19. The lowest BCUT2D eigenvalue weighted by molar-refractivity contribution is -0.117. The molecule has 0 aliphatic carbocycles. The predicted octanol–water partition coefficient (Wildman–Crippen LogP) is 1.90. The molecule has 1 aromatic heterocycles. The van der Waals surface area contributed by atoms with Gasteiger partial charge in [0.1, 0.15) is 11.5 Å². The van der Waals surface area contributed by atoms with Gasteiger partial charge < -0.3 is 10.5 Å². The van der Waals surface area contributed by atoms with E-state index in [1.165, 1.54) is 0 Å². The van der Waals surface area contributed by atoms with Gasteiger partial charge in [0.25, 0.3) is 0 Å². The Labute approximate surface area is 99.1 Å². The van der Waals surface area contributed by atoms with Gasteiger partial charge in [-0.3, -0.25) is 9.78 Å². The second-order valence-electron chi connectivity index (χ2n) is 3.54. The molecule has 1 heterocycles. The summed E-state index contributed by atoms with van der Waals surface area (Å²) in [6.45, 7) is 0. The predicted molar refractivity (Wildman–Crippen MR) is 63.7 cm³/mol. The van der Waals surface area contributed by atoms with Crippen molar-refractivity contribution < 1.29 is 9.53 Å². The fraction of sp³-hybridized carbons (Fsp3) is 0.0769. The summed E-state index contributed by atoms with van der Waals surface area (Å²) in [5.41, 5.74) is 5.85. The molecule has 0 aliphatic rings. The topological polar surface area (TPSA) is 65.2 Å². The molecule has 0 spiro atoms. The number of aromatic nitrogens is 1. The van der Waals surface area contributed by atoms with Crippen LogP contribution in [0.4, 0.5) is 0 Å². The summed E-state index contributed by atoms with van der Waals surface area (Å²) < 4.78 is 5.66. The zero-order valence-electron chi connectivity index (χ0n) is 9.17. The van der Waals surface area contributed by atoms with Gasteiger partial charge in [0.2, 0.25) is 5.91 Å². The summed E-state index contributed by atoms with van der Waals surface area (Å²) in [4.78, 5) is 14.9. The number of hydrogen-bond acceptors (Lipinski definition) is 3. The van der Waals surface area contributed by atoms with Crippen molar-refractivity contribution in [1.82, 2.24) is 4.98 Å². The van der Waals surface area contributed by atoms with Crippen LogP contribution in [0, 0.1) is 0 Å². The molecular formula is C13H12N2O2. The van der Waals surface area contributed by atoms with Gasteiger partial charge in [0.15, 0.2) is 0 Å². The van der Waals surface area contributed by atoms with Crippen LogP contribution in [0.1, 0.15) is 5.56 Å². The monoisotopic (exact) mass is 228 g/mol. The summed E-state index contributed by atoms with van der Waals surface area (Å²) in [6, 6.07) is 11.1. The number of nitrogens with two attached hydrogens (primary N) is 1. The zero-order valence-corrected chi connectivity index (χ0v) is 9.17. The minimum Gasteiger partial charge on any atom is -0.457 e. The molecule has 4 nitrogen and oxygen atoms in total. The standard InChI is InChI=1S/C13H12N2O2/c14-13(16)8-10-9-15-7-6-12(10)17-11-4-2-1-3-5-11/h1-7,9H,8H2,(H2,14,16). The highest BCUT2D eigenvalue weighted by atomic mass is 16.5. The second-order valence-corrected chi connectivity index (χ2v) is 3.54. The molecule has 0 fully saturated rings. The van der Waals surface area contributed by atoms with Crippen molar-refractivity contribution in [2.75, 3.05) is 0 Å². The van der Waals surface area contributed by atoms with Crippen LogP contribution in [0.25, 0.3) is 0 Å². The number of carbonyl (C=O) groups excluding carboxylic acids is 1. The highest BCUT2D eigenvalue weighted by molar-refractivity contribution is 5.77. The van der Waals surface area contributed by atoms with Crippen LogP contribution >= 0.6 is 0 Å². The van der Waals surface area contributed by atoms with Gasteiger partial charge in [-0.25, -0.2) is 0 Å². The molecule has 2 aromatic rings. The van der Waals surface area contributed by atoms with E-state index in [-0.39, 0.29) is 6.42 Å². The molecule has 2 N–H and O–H groups in total. The van der Waals surface area contributed by atoms with E-state index in [0.29, 0.717) is 17.1 Å². The first-order valence-corrected chi connectivity index (χ1v) is 5.20. The van der Waals surface area contributed by atoms with Gasteiger partial charge in [0, 0.05) is 18.0 Å². The minimum absolute atomic E-state index is 0.121. The lowest BCUT2D eigenvalue weighted by Crippen LogP contribution is -2.14. The molecule has 0 saturated heterocycles. The van der Waals surface area contributed by atoms with Crippen molar-refractivity contribution in [3.8, 4) is 11.5 Å². The molecule has 0 saturated carbocycles. The van der Waals surface area contributed by atoms with Gasteiger partial charge in [0.05, 0.1) is 6.42 Å². The Morgan fingerprint density at radius 3 is 2.71 bits per heavy atom. The Morgan fingerprint density at radius 2 is 2.00 bits per heavy atom. The minimum atomic E-state index is -0.407. The molecule has 2 rings (SSSR count). The van der Waals surface area contributed by atoms with E-state index in [9.17, 15) is 4.79 Å². The highest BCUT2D eigenvalue weighted by Crippen LogP contribution is 2.24. The maximum Gasteiger partial charge on any atom is 0.222 e. The molecule has 4 heteroatoms. The maximum atomic E-state index is 10.9. The number of carbonyl (C=O) groups is 1. The van der Waals surface area contributed by atoms with E-state index in [1.54, 1.807) is 18.5 Å². The van der Waals surface area contributed by atoms with Crippen molar-refractivity contribution in [2.24, 2.45) is 5.73 Å². The van der Waals surface area contributed by atoms with Gasteiger partial charge in [-0.05, 0) is 18.2 Å². The van der Waals surface area contributed by atoms with E-state index in [0.717, 1.165) is 0 Å². The van der Waals surface area contributed by atoms with Crippen LogP contribution in [-0.2, 0) is 11.2 Å². The number of primary amides is 1. The molecule has 86 valence electrons. The number of amides is 1. The molecule has 0 atom stereocenters. The number of hydrogen-bond donors (Lipinski definition) is 1. The summed E-state index contributed by atoms with van der Waals surface area (Å²) in [5.74, 6) is 0.908. The lowest BCUT2D eigenvalue weighted by Gasteiger charge is -2.09. The molecule has 1 amide bonds. The molecule has 0 radical (unpaired) electrons. The van der Waals surface area contributed by atoms with E-state index >= 15 is 0 Å². The van der Waals surface area contributed by atoms with E-state index in [1.807, 2.05) is 30.3 Å². The summed E-state index contributed by atoms with van der Waals surface area (Å²) >= 11 is 0. The molecule has 17 heavy (non-hydrogen) atoms. The van der Waals surface area contributed by atoms with Gasteiger partial charge in [-0.15, -0.1) is 0 Å². The maximum absolute atomic E-state index is 10.9. The Bertz CT molecular complexity index is 512. The van der Waals surface area contributed by atoms with Crippen LogP contribution < -0.4 is 10.5 Å². The first kappa shape index (κ1) is 11.1. The van der Waals surface area contributed by atoms with E-state index < -0.39 is 5.91 Å².